The first-order chi connectivity index (χ1) is 11.7. The molecule has 1 aliphatic heterocycles. The lowest BCUT2D eigenvalue weighted by atomic mass is 9.99. The zero-order valence-electron chi connectivity index (χ0n) is 14.3. The van der Waals surface area contributed by atoms with Crippen molar-refractivity contribution in [3.05, 3.63) is 47.8 Å². The van der Waals surface area contributed by atoms with E-state index in [1.807, 2.05) is 0 Å². The van der Waals surface area contributed by atoms with Crippen LogP contribution in [0.2, 0.25) is 0 Å². The average molecular weight is 324 g/mol. The van der Waals surface area contributed by atoms with Crippen LogP contribution in [0, 0.1) is 0 Å². The number of rotatable bonds is 4. The smallest absolute Gasteiger partial charge is 0.230 e. The molecule has 2 aromatic heterocycles. The number of benzene rings is 1. The minimum atomic E-state index is 0.275. The number of hydrogen-bond donors (Lipinski definition) is 1. The van der Waals surface area contributed by atoms with Gasteiger partial charge in [-0.1, -0.05) is 38.5 Å². The number of aromatic amines is 1. The first kappa shape index (κ1) is 15.4. The minimum absolute atomic E-state index is 0.275. The molecule has 126 valence electrons. The van der Waals surface area contributed by atoms with E-state index in [4.69, 9.17) is 4.42 Å². The number of H-pyrrole nitrogens is 1. The first-order valence-corrected chi connectivity index (χ1v) is 8.84. The van der Waals surface area contributed by atoms with E-state index in [1.54, 1.807) is 0 Å². The van der Waals surface area contributed by atoms with Gasteiger partial charge in [0.1, 0.15) is 0 Å². The number of fused-ring (bicyclic) bond motifs is 1. The second kappa shape index (κ2) is 6.40. The maximum Gasteiger partial charge on any atom is 0.230 e. The summed E-state index contributed by atoms with van der Waals surface area (Å²) >= 11 is 0. The summed E-state index contributed by atoms with van der Waals surface area (Å²) in [5.41, 5.74) is 2.50. The van der Waals surface area contributed by atoms with Crippen molar-refractivity contribution in [2.24, 2.45) is 0 Å². The molecule has 0 bridgehead atoms. The topological polar surface area (TPSA) is 58.0 Å². The fourth-order valence-electron chi connectivity index (χ4n) is 3.55. The summed E-state index contributed by atoms with van der Waals surface area (Å²) in [6, 6.07) is 11.1. The van der Waals surface area contributed by atoms with E-state index in [2.05, 4.69) is 64.3 Å². The molecule has 3 heterocycles. The third-order valence-corrected chi connectivity index (χ3v) is 4.84. The lowest BCUT2D eigenvalue weighted by Crippen LogP contribution is -2.33. The van der Waals surface area contributed by atoms with Crippen molar-refractivity contribution in [2.45, 2.75) is 51.6 Å². The summed E-state index contributed by atoms with van der Waals surface area (Å²) in [5, 5.41) is 9.67. The van der Waals surface area contributed by atoms with Crippen LogP contribution in [0.1, 0.15) is 62.5 Å². The van der Waals surface area contributed by atoms with Gasteiger partial charge in [-0.15, -0.1) is 10.2 Å². The number of likely N-dealkylation sites (tertiary alicyclic amines) is 1. The molecule has 0 aliphatic carbocycles. The van der Waals surface area contributed by atoms with Crippen LogP contribution in [0.15, 0.2) is 34.7 Å². The van der Waals surface area contributed by atoms with Gasteiger partial charge in [0.2, 0.25) is 11.8 Å². The predicted octanol–water partition coefficient (Wildman–Crippen LogP) is 4.40. The van der Waals surface area contributed by atoms with Gasteiger partial charge in [-0.05, 0) is 36.9 Å². The predicted molar refractivity (Wildman–Crippen MR) is 93.7 cm³/mol. The first-order valence-electron chi connectivity index (χ1n) is 8.84. The highest BCUT2D eigenvalue weighted by Gasteiger charge is 2.27. The Morgan fingerprint density at radius 1 is 1.25 bits per heavy atom. The maximum atomic E-state index is 5.82. The van der Waals surface area contributed by atoms with Crippen molar-refractivity contribution in [3.63, 3.8) is 0 Å². The van der Waals surface area contributed by atoms with Crippen molar-refractivity contribution in [2.75, 3.05) is 6.54 Å². The highest BCUT2D eigenvalue weighted by molar-refractivity contribution is 5.80. The van der Waals surface area contributed by atoms with Crippen LogP contribution in [-0.2, 0) is 6.54 Å². The second-order valence-corrected chi connectivity index (χ2v) is 6.98. The third-order valence-electron chi connectivity index (χ3n) is 4.84. The number of nitrogens with zero attached hydrogens (tertiary/aromatic N) is 3. The molecule has 1 aromatic carbocycles. The number of aromatic nitrogens is 3. The van der Waals surface area contributed by atoms with E-state index >= 15 is 0 Å². The van der Waals surface area contributed by atoms with Crippen molar-refractivity contribution >= 4 is 10.9 Å². The standard InChI is InChI=1S/C19H24N4O/c1-13(2)19-22-21-18(24-19)12-23-10-6-5-9-17(23)16-11-14-7-3-4-8-15(14)20-16/h3-4,7-8,11,13,17,20H,5-6,9-10,12H2,1-2H3. The molecule has 1 aliphatic rings. The summed E-state index contributed by atoms with van der Waals surface area (Å²) in [6.07, 6.45) is 3.65. The molecular weight excluding hydrogens is 300 g/mol. The van der Waals surface area contributed by atoms with Crippen LogP contribution in [0.25, 0.3) is 10.9 Å². The van der Waals surface area contributed by atoms with Crippen molar-refractivity contribution < 1.29 is 4.42 Å². The molecule has 1 fully saturated rings. The maximum absolute atomic E-state index is 5.82. The Bertz CT molecular complexity index is 787. The third kappa shape index (κ3) is 2.96. The molecule has 0 spiro atoms. The second-order valence-electron chi connectivity index (χ2n) is 6.98. The summed E-state index contributed by atoms with van der Waals surface area (Å²) in [6.45, 7) is 5.94. The van der Waals surface area contributed by atoms with Crippen LogP contribution in [0.4, 0.5) is 0 Å². The number of para-hydroxylation sites is 1. The zero-order chi connectivity index (χ0) is 16.5. The zero-order valence-corrected chi connectivity index (χ0v) is 14.3. The van der Waals surface area contributed by atoms with Gasteiger partial charge < -0.3 is 9.40 Å². The molecule has 0 amide bonds. The van der Waals surface area contributed by atoms with Crippen molar-refractivity contribution in [3.8, 4) is 0 Å². The van der Waals surface area contributed by atoms with E-state index in [0.29, 0.717) is 6.04 Å². The van der Waals surface area contributed by atoms with Crippen LogP contribution in [0.3, 0.4) is 0 Å². The summed E-state index contributed by atoms with van der Waals surface area (Å²) in [4.78, 5) is 6.06. The van der Waals surface area contributed by atoms with Crippen LogP contribution in [-0.4, -0.2) is 26.6 Å². The molecule has 1 atom stereocenters. The van der Waals surface area contributed by atoms with E-state index in [9.17, 15) is 0 Å². The number of nitrogens with one attached hydrogen (secondary N) is 1. The van der Waals surface area contributed by atoms with Gasteiger partial charge in [0, 0.05) is 17.1 Å². The van der Waals surface area contributed by atoms with Crippen molar-refractivity contribution in [1.82, 2.24) is 20.1 Å². The van der Waals surface area contributed by atoms with Gasteiger partial charge in [-0.25, -0.2) is 0 Å². The quantitative estimate of drug-likeness (QED) is 0.772. The highest BCUT2D eigenvalue weighted by Crippen LogP contribution is 2.33. The van der Waals surface area contributed by atoms with E-state index in [-0.39, 0.29) is 5.92 Å². The summed E-state index contributed by atoms with van der Waals surface area (Å²) in [5.74, 6) is 1.72. The Morgan fingerprint density at radius 3 is 2.92 bits per heavy atom. The fourth-order valence-corrected chi connectivity index (χ4v) is 3.55. The van der Waals surface area contributed by atoms with Gasteiger partial charge >= 0.3 is 0 Å². The molecule has 4 rings (SSSR count). The molecule has 5 nitrogen and oxygen atoms in total. The van der Waals surface area contributed by atoms with Gasteiger partial charge in [0.25, 0.3) is 0 Å². The van der Waals surface area contributed by atoms with Gasteiger partial charge in [0.15, 0.2) is 0 Å². The average Bonchev–Trinajstić information content (AvgIpc) is 3.22. The van der Waals surface area contributed by atoms with Gasteiger partial charge in [0.05, 0.1) is 12.6 Å². The molecule has 1 unspecified atom stereocenters. The molecule has 0 saturated carbocycles. The fraction of sp³-hybridized carbons (Fsp3) is 0.474. The molecule has 0 radical (unpaired) electrons. The Labute approximate surface area is 142 Å². The largest absolute Gasteiger partial charge is 0.424 e. The number of hydrogen-bond acceptors (Lipinski definition) is 4. The van der Waals surface area contributed by atoms with Crippen LogP contribution < -0.4 is 0 Å². The Hall–Kier alpha value is -2.14. The molecule has 3 aromatic rings. The minimum Gasteiger partial charge on any atom is -0.424 e. The Morgan fingerprint density at radius 2 is 2.12 bits per heavy atom. The van der Waals surface area contributed by atoms with Crippen LogP contribution in [0.5, 0.6) is 0 Å². The Balaban J connectivity index is 1.58. The van der Waals surface area contributed by atoms with Gasteiger partial charge in [-0.3, -0.25) is 4.90 Å². The lowest BCUT2D eigenvalue weighted by Gasteiger charge is -2.34. The molecular formula is C19H24N4O. The van der Waals surface area contributed by atoms with E-state index < -0.39 is 0 Å². The van der Waals surface area contributed by atoms with Crippen LogP contribution >= 0.6 is 0 Å². The van der Waals surface area contributed by atoms with Gasteiger partial charge in [-0.2, -0.15) is 0 Å². The normalized spacial score (nSPS) is 19.4. The Kier molecular flexibility index (Phi) is 4.10. The molecule has 5 heteroatoms. The van der Waals surface area contributed by atoms with E-state index in [0.717, 1.165) is 31.3 Å². The molecule has 1 N–H and O–H groups in total. The van der Waals surface area contributed by atoms with E-state index in [1.165, 1.54) is 29.4 Å². The number of piperidine rings is 1. The SMILES string of the molecule is CC(C)c1nnc(CN2CCCCC2c2cc3ccccc3[nH]2)o1. The summed E-state index contributed by atoms with van der Waals surface area (Å²) in [7, 11) is 0. The highest BCUT2D eigenvalue weighted by atomic mass is 16.4. The lowest BCUT2D eigenvalue weighted by molar-refractivity contribution is 0.124. The summed E-state index contributed by atoms with van der Waals surface area (Å²) < 4.78 is 5.82. The monoisotopic (exact) mass is 324 g/mol. The molecule has 1 saturated heterocycles. The van der Waals surface area contributed by atoms with Crippen molar-refractivity contribution in [1.29, 1.82) is 0 Å². The molecule has 24 heavy (non-hydrogen) atoms.